The van der Waals surface area contributed by atoms with Gasteiger partial charge in [-0.15, -0.1) is 24.0 Å². The predicted octanol–water partition coefficient (Wildman–Crippen LogP) is 3.96. The fourth-order valence-electron chi connectivity index (χ4n) is 2.81. The summed E-state index contributed by atoms with van der Waals surface area (Å²) in [5.74, 6) is 1.72. The average molecular weight is 469 g/mol. The summed E-state index contributed by atoms with van der Waals surface area (Å²) in [7, 11) is 0. The van der Waals surface area contributed by atoms with E-state index in [4.69, 9.17) is 9.47 Å². The van der Waals surface area contributed by atoms with Crippen LogP contribution in [0.4, 0.5) is 0 Å². The van der Waals surface area contributed by atoms with E-state index in [9.17, 15) is 0 Å². The lowest BCUT2D eigenvalue weighted by atomic mass is 10.0. The lowest BCUT2D eigenvalue weighted by Crippen LogP contribution is -2.42. The van der Waals surface area contributed by atoms with Crippen molar-refractivity contribution in [2.24, 2.45) is 10.9 Å². The topological polar surface area (TPSA) is 54.9 Å². The molecule has 0 saturated carbocycles. The van der Waals surface area contributed by atoms with Crippen molar-refractivity contribution in [3.63, 3.8) is 0 Å². The second kappa shape index (κ2) is 16.1. The Morgan fingerprint density at radius 2 is 1.88 bits per heavy atom. The van der Waals surface area contributed by atoms with Crippen LogP contribution in [-0.4, -0.2) is 51.0 Å². The third kappa shape index (κ3) is 13.7. The Bertz CT molecular complexity index is 335. The standard InChI is InChI=1S/C19H39N3O2.HI/c1-5-20-19(22-17(4)9-6-8-16(2)3)21-12-7-13-24-18-10-14-23-15-11-18;/h16-18H,5-15H2,1-4H3,(H2,20,21,22);1H. The summed E-state index contributed by atoms with van der Waals surface area (Å²) in [6, 6.07) is 0.458. The molecule has 0 aliphatic carbocycles. The zero-order valence-electron chi connectivity index (χ0n) is 16.7. The molecule has 25 heavy (non-hydrogen) atoms. The van der Waals surface area contributed by atoms with Crippen LogP contribution in [0.3, 0.4) is 0 Å². The first kappa shape index (κ1) is 24.9. The monoisotopic (exact) mass is 469 g/mol. The molecule has 2 N–H and O–H groups in total. The first-order chi connectivity index (χ1) is 11.6. The van der Waals surface area contributed by atoms with E-state index in [0.29, 0.717) is 12.1 Å². The highest BCUT2D eigenvalue weighted by Crippen LogP contribution is 2.10. The zero-order chi connectivity index (χ0) is 17.6. The van der Waals surface area contributed by atoms with E-state index >= 15 is 0 Å². The molecule has 1 rings (SSSR count). The number of hydrogen-bond donors (Lipinski definition) is 2. The first-order valence-corrected chi connectivity index (χ1v) is 9.86. The molecule has 0 aromatic rings. The number of aliphatic imine (C=N–C) groups is 1. The molecule has 0 bridgehead atoms. The minimum absolute atomic E-state index is 0. The van der Waals surface area contributed by atoms with Crippen molar-refractivity contribution < 1.29 is 9.47 Å². The molecule has 1 aliphatic heterocycles. The summed E-state index contributed by atoms with van der Waals surface area (Å²) >= 11 is 0. The van der Waals surface area contributed by atoms with E-state index in [1.165, 1.54) is 19.3 Å². The van der Waals surface area contributed by atoms with Gasteiger partial charge in [0.1, 0.15) is 0 Å². The quantitative estimate of drug-likeness (QED) is 0.208. The number of nitrogens with one attached hydrogen (secondary N) is 2. The van der Waals surface area contributed by atoms with Crippen molar-refractivity contribution >= 4 is 29.9 Å². The van der Waals surface area contributed by atoms with Crippen molar-refractivity contribution in [3.8, 4) is 0 Å². The summed E-state index contributed by atoms with van der Waals surface area (Å²) < 4.78 is 11.2. The third-order valence-corrected chi connectivity index (χ3v) is 4.24. The molecule has 1 heterocycles. The van der Waals surface area contributed by atoms with Crippen molar-refractivity contribution in [2.45, 2.75) is 78.4 Å². The van der Waals surface area contributed by atoms with E-state index in [1.54, 1.807) is 0 Å². The van der Waals surface area contributed by atoms with Crippen LogP contribution in [0, 0.1) is 5.92 Å². The van der Waals surface area contributed by atoms with Crippen molar-refractivity contribution in [1.82, 2.24) is 10.6 Å². The minimum Gasteiger partial charge on any atom is -0.381 e. The van der Waals surface area contributed by atoms with Gasteiger partial charge in [0.15, 0.2) is 5.96 Å². The lowest BCUT2D eigenvalue weighted by Gasteiger charge is -2.22. The normalized spacial score (nSPS) is 17.2. The summed E-state index contributed by atoms with van der Waals surface area (Å²) in [5.41, 5.74) is 0. The van der Waals surface area contributed by atoms with Gasteiger partial charge in [-0.25, -0.2) is 0 Å². The van der Waals surface area contributed by atoms with Crippen molar-refractivity contribution in [3.05, 3.63) is 0 Å². The molecule has 1 unspecified atom stereocenters. The average Bonchev–Trinajstić information content (AvgIpc) is 2.55. The molecule has 1 atom stereocenters. The van der Waals surface area contributed by atoms with Gasteiger partial charge in [-0.05, 0) is 45.4 Å². The van der Waals surface area contributed by atoms with Crippen LogP contribution < -0.4 is 10.6 Å². The van der Waals surface area contributed by atoms with Gasteiger partial charge < -0.3 is 20.1 Å². The maximum absolute atomic E-state index is 5.89. The number of nitrogens with zero attached hydrogens (tertiary/aromatic N) is 1. The Balaban J connectivity index is 0.00000576. The Morgan fingerprint density at radius 3 is 2.52 bits per heavy atom. The summed E-state index contributed by atoms with van der Waals surface area (Å²) in [6.07, 6.45) is 7.16. The number of guanidine groups is 1. The maximum atomic E-state index is 5.89. The molecule has 1 saturated heterocycles. The van der Waals surface area contributed by atoms with E-state index in [2.05, 4.69) is 43.3 Å². The second-order valence-corrected chi connectivity index (χ2v) is 7.17. The largest absolute Gasteiger partial charge is 0.381 e. The van der Waals surface area contributed by atoms with Crippen LogP contribution >= 0.6 is 24.0 Å². The molecule has 1 aliphatic rings. The summed E-state index contributed by atoms with van der Waals surface area (Å²) in [6.45, 7) is 13.1. The number of hydrogen-bond acceptors (Lipinski definition) is 3. The highest BCUT2D eigenvalue weighted by atomic mass is 127. The van der Waals surface area contributed by atoms with Crippen molar-refractivity contribution in [1.29, 1.82) is 0 Å². The number of ether oxygens (including phenoxy) is 2. The van der Waals surface area contributed by atoms with Gasteiger partial charge in [0.25, 0.3) is 0 Å². The summed E-state index contributed by atoms with van der Waals surface area (Å²) in [5, 5.41) is 6.85. The van der Waals surface area contributed by atoms with E-state index in [-0.39, 0.29) is 24.0 Å². The zero-order valence-corrected chi connectivity index (χ0v) is 19.0. The Morgan fingerprint density at radius 1 is 1.16 bits per heavy atom. The maximum Gasteiger partial charge on any atom is 0.191 e. The highest BCUT2D eigenvalue weighted by Gasteiger charge is 2.13. The minimum atomic E-state index is 0. The van der Waals surface area contributed by atoms with Gasteiger partial charge in [0.05, 0.1) is 6.10 Å². The lowest BCUT2D eigenvalue weighted by molar-refractivity contribution is -0.0318. The Labute approximate surface area is 172 Å². The smallest absolute Gasteiger partial charge is 0.191 e. The van der Waals surface area contributed by atoms with Crippen LogP contribution in [0.15, 0.2) is 4.99 Å². The Kier molecular flexibility index (Phi) is 16.1. The van der Waals surface area contributed by atoms with E-state index < -0.39 is 0 Å². The molecule has 5 nitrogen and oxygen atoms in total. The molecule has 150 valence electrons. The van der Waals surface area contributed by atoms with Crippen LogP contribution in [0.1, 0.15) is 66.2 Å². The van der Waals surface area contributed by atoms with Gasteiger partial charge in [-0.3, -0.25) is 4.99 Å². The van der Waals surface area contributed by atoms with Gasteiger partial charge >= 0.3 is 0 Å². The van der Waals surface area contributed by atoms with Gasteiger partial charge in [0, 0.05) is 39.0 Å². The first-order valence-electron chi connectivity index (χ1n) is 9.86. The molecule has 0 radical (unpaired) electrons. The second-order valence-electron chi connectivity index (χ2n) is 7.17. The SMILES string of the molecule is CCNC(=NCCCOC1CCOCC1)NC(C)CCCC(C)C.I. The molecule has 0 aromatic heterocycles. The Hall–Kier alpha value is -0.0800. The summed E-state index contributed by atoms with van der Waals surface area (Å²) in [4.78, 5) is 4.67. The molecule has 1 fully saturated rings. The van der Waals surface area contributed by atoms with Gasteiger partial charge in [0.2, 0.25) is 0 Å². The molecule has 0 amide bonds. The molecule has 0 aromatic carbocycles. The molecular formula is C19H40IN3O2. The van der Waals surface area contributed by atoms with E-state index in [1.807, 2.05) is 0 Å². The van der Waals surface area contributed by atoms with Gasteiger partial charge in [-0.2, -0.15) is 0 Å². The predicted molar refractivity (Wildman–Crippen MR) is 117 cm³/mol. The van der Waals surface area contributed by atoms with Crippen LogP contribution in [0.2, 0.25) is 0 Å². The van der Waals surface area contributed by atoms with Crippen LogP contribution in [0.25, 0.3) is 0 Å². The van der Waals surface area contributed by atoms with E-state index in [0.717, 1.165) is 64.1 Å². The van der Waals surface area contributed by atoms with Crippen LogP contribution in [-0.2, 0) is 9.47 Å². The van der Waals surface area contributed by atoms with Gasteiger partial charge in [-0.1, -0.05) is 26.7 Å². The highest BCUT2D eigenvalue weighted by molar-refractivity contribution is 14.0. The fourth-order valence-corrected chi connectivity index (χ4v) is 2.81. The third-order valence-electron chi connectivity index (χ3n) is 4.24. The molecule has 6 heteroatoms. The number of rotatable bonds is 11. The molecular weight excluding hydrogens is 429 g/mol. The van der Waals surface area contributed by atoms with Crippen LogP contribution in [0.5, 0.6) is 0 Å². The fraction of sp³-hybridized carbons (Fsp3) is 0.947. The molecule has 0 spiro atoms. The number of halogens is 1. The van der Waals surface area contributed by atoms with Crippen molar-refractivity contribution in [2.75, 3.05) is 32.9 Å².